The summed E-state index contributed by atoms with van der Waals surface area (Å²) in [4.78, 5) is 12.0. The van der Waals surface area contributed by atoms with Crippen LogP contribution in [0.2, 0.25) is 0 Å². The molecule has 7 heteroatoms. The summed E-state index contributed by atoms with van der Waals surface area (Å²) in [5.74, 6) is 1.09. The third-order valence-electron chi connectivity index (χ3n) is 3.13. The molecule has 0 aliphatic carbocycles. The fourth-order valence-electron chi connectivity index (χ4n) is 1.78. The topological polar surface area (TPSA) is 69.0 Å². The van der Waals surface area contributed by atoms with Crippen molar-refractivity contribution in [1.29, 1.82) is 0 Å². The Bertz CT molecular complexity index is 654. The number of thioether (sulfide) groups is 1. The van der Waals surface area contributed by atoms with Gasteiger partial charge in [0.2, 0.25) is 5.16 Å². The van der Waals surface area contributed by atoms with Crippen LogP contribution >= 0.6 is 11.8 Å². The van der Waals surface area contributed by atoms with Gasteiger partial charge in [-0.1, -0.05) is 23.9 Å². The zero-order valence-corrected chi connectivity index (χ0v) is 13.3. The van der Waals surface area contributed by atoms with E-state index in [1.54, 1.807) is 11.6 Å². The standard InChI is InChI=1S/C14H18N4O2S/c1-9-6-5-7-12(10(9)2)20-8-13(19)17-18-11(3)15-16-14(18)21-4/h5-7H,8H2,1-4H3,(H,17,19). The highest BCUT2D eigenvalue weighted by Crippen LogP contribution is 2.20. The number of carbonyl (C=O) groups is 1. The maximum Gasteiger partial charge on any atom is 0.276 e. The predicted octanol–water partition coefficient (Wildman–Crippen LogP) is 2.07. The second-order valence-corrected chi connectivity index (χ2v) is 5.36. The summed E-state index contributed by atoms with van der Waals surface area (Å²) in [6, 6.07) is 5.77. The Hall–Kier alpha value is -2.02. The first-order valence-corrected chi connectivity index (χ1v) is 7.70. The summed E-state index contributed by atoms with van der Waals surface area (Å²) >= 11 is 1.41. The average Bonchev–Trinajstić information content (AvgIpc) is 2.81. The van der Waals surface area contributed by atoms with Crippen molar-refractivity contribution in [2.45, 2.75) is 25.9 Å². The van der Waals surface area contributed by atoms with Gasteiger partial charge in [-0.3, -0.25) is 10.2 Å². The van der Waals surface area contributed by atoms with E-state index in [9.17, 15) is 4.79 Å². The summed E-state index contributed by atoms with van der Waals surface area (Å²) in [6.07, 6.45) is 1.87. The molecule has 1 aromatic carbocycles. The molecule has 1 aromatic heterocycles. The molecule has 112 valence electrons. The maximum absolute atomic E-state index is 12.0. The second kappa shape index (κ2) is 6.62. The monoisotopic (exact) mass is 306 g/mol. The number of nitrogens with zero attached hydrogens (tertiary/aromatic N) is 3. The summed E-state index contributed by atoms with van der Waals surface area (Å²) in [5, 5.41) is 8.50. The van der Waals surface area contributed by atoms with Gasteiger partial charge in [0, 0.05) is 0 Å². The third kappa shape index (κ3) is 3.55. The SMILES string of the molecule is CSc1nnc(C)n1NC(=O)COc1cccc(C)c1C. The first-order chi connectivity index (χ1) is 10.0. The molecule has 0 spiro atoms. The van der Waals surface area contributed by atoms with Gasteiger partial charge in [0.15, 0.2) is 6.61 Å². The van der Waals surface area contributed by atoms with Crippen LogP contribution in [-0.2, 0) is 4.79 Å². The number of ether oxygens (including phenoxy) is 1. The van der Waals surface area contributed by atoms with Crippen LogP contribution in [0.25, 0.3) is 0 Å². The molecule has 2 rings (SSSR count). The van der Waals surface area contributed by atoms with Crippen molar-refractivity contribution in [3.63, 3.8) is 0 Å². The Kier molecular flexibility index (Phi) is 4.85. The summed E-state index contributed by atoms with van der Waals surface area (Å²) in [7, 11) is 0. The number of aryl methyl sites for hydroxylation is 2. The van der Waals surface area contributed by atoms with Crippen molar-refractivity contribution >= 4 is 17.7 Å². The summed E-state index contributed by atoms with van der Waals surface area (Å²) in [5.41, 5.74) is 4.89. The molecule has 0 unspecified atom stereocenters. The van der Waals surface area contributed by atoms with E-state index in [1.807, 2.05) is 38.3 Å². The van der Waals surface area contributed by atoms with Gasteiger partial charge in [0.1, 0.15) is 11.6 Å². The molecule has 21 heavy (non-hydrogen) atoms. The molecule has 0 fully saturated rings. The minimum atomic E-state index is -0.255. The first-order valence-electron chi connectivity index (χ1n) is 6.47. The first kappa shape index (κ1) is 15.4. The van der Waals surface area contributed by atoms with Gasteiger partial charge in [-0.2, -0.15) is 0 Å². The van der Waals surface area contributed by atoms with Gasteiger partial charge in [0.25, 0.3) is 5.91 Å². The van der Waals surface area contributed by atoms with Crippen LogP contribution in [0.3, 0.4) is 0 Å². The molecule has 1 amide bonds. The largest absolute Gasteiger partial charge is 0.483 e. The van der Waals surface area contributed by atoms with Gasteiger partial charge in [-0.15, -0.1) is 10.2 Å². The molecule has 0 radical (unpaired) electrons. The number of rotatable bonds is 5. The van der Waals surface area contributed by atoms with E-state index in [-0.39, 0.29) is 12.5 Å². The molecule has 0 aliphatic heterocycles. The van der Waals surface area contributed by atoms with Crippen molar-refractivity contribution in [3.05, 3.63) is 35.2 Å². The smallest absolute Gasteiger partial charge is 0.276 e. The lowest BCUT2D eigenvalue weighted by Gasteiger charge is -2.12. The third-order valence-corrected chi connectivity index (χ3v) is 3.76. The Balaban J connectivity index is 1.99. The van der Waals surface area contributed by atoms with Gasteiger partial charge in [0.05, 0.1) is 0 Å². The Morgan fingerprint density at radius 1 is 1.33 bits per heavy atom. The summed E-state index contributed by atoms with van der Waals surface area (Å²) < 4.78 is 7.12. The summed E-state index contributed by atoms with van der Waals surface area (Å²) in [6.45, 7) is 5.69. The number of aromatic nitrogens is 3. The zero-order valence-electron chi connectivity index (χ0n) is 12.5. The van der Waals surface area contributed by atoms with E-state index >= 15 is 0 Å². The lowest BCUT2D eigenvalue weighted by atomic mass is 10.1. The van der Waals surface area contributed by atoms with E-state index in [0.717, 1.165) is 16.9 Å². The van der Waals surface area contributed by atoms with Crippen LogP contribution in [0.1, 0.15) is 17.0 Å². The number of hydrogen-bond acceptors (Lipinski definition) is 5. The lowest BCUT2D eigenvalue weighted by molar-refractivity contribution is -0.119. The van der Waals surface area contributed by atoms with Gasteiger partial charge in [-0.25, -0.2) is 4.68 Å². The highest BCUT2D eigenvalue weighted by Gasteiger charge is 2.12. The molecule has 0 saturated carbocycles. The molecule has 1 heterocycles. The highest BCUT2D eigenvalue weighted by atomic mass is 32.2. The molecule has 0 saturated heterocycles. The molecule has 0 bridgehead atoms. The van der Waals surface area contributed by atoms with Crippen molar-refractivity contribution in [3.8, 4) is 5.75 Å². The van der Waals surface area contributed by atoms with Crippen LogP contribution in [0.5, 0.6) is 5.75 Å². The number of benzene rings is 1. The average molecular weight is 306 g/mol. The van der Waals surface area contributed by atoms with E-state index in [0.29, 0.717) is 11.0 Å². The maximum atomic E-state index is 12.0. The lowest BCUT2D eigenvalue weighted by Crippen LogP contribution is -2.29. The fourth-order valence-corrected chi connectivity index (χ4v) is 2.27. The molecule has 6 nitrogen and oxygen atoms in total. The van der Waals surface area contributed by atoms with Crippen LogP contribution in [0, 0.1) is 20.8 Å². The van der Waals surface area contributed by atoms with Crippen molar-refractivity contribution in [2.75, 3.05) is 18.3 Å². The van der Waals surface area contributed by atoms with Crippen molar-refractivity contribution in [1.82, 2.24) is 14.9 Å². The van der Waals surface area contributed by atoms with Crippen LogP contribution < -0.4 is 10.2 Å². The Morgan fingerprint density at radius 2 is 2.10 bits per heavy atom. The second-order valence-electron chi connectivity index (χ2n) is 4.59. The molecular weight excluding hydrogens is 288 g/mol. The predicted molar refractivity (Wildman–Crippen MR) is 82.3 cm³/mol. The minimum Gasteiger partial charge on any atom is -0.483 e. The van der Waals surface area contributed by atoms with Crippen LogP contribution in [-0.4, -0.2) is 33.6 Å². The minimum absolute atomic E-state index is 0.0598. The number of carbonyl (C=O) groups excluding carboxylic acids is 1. The Morgan fingerprint density at radius 3 is 2.81 bits per heavy atom. The fraction of sp³-hybridized carbons (Fsp3) is 0.357. The Labute approximate surface area is 127 Å². The quantitative estimate of drug-likeness (QED) is 0.857. The molecule has 1 N–H and O–H groups in total. The zero-order chi connectivity index (χ0) is 15.4. The highest BCUT2D eigenvalue weighted by molar-refractivity contribution is 7.98. The molecular formula is C14H18N4O2S. The number of nitrogens with one attached hydrogen (secondary N) is 1. The molecule has 2 aromatic rings. The number of amides is 1. The molecule has 0 atom stereocenters. The van der Waals surface area contributed by atoms with Gasteiger partial charge < -0.3 is 4.74 Å². The van der Waals surface area contributed by atoms with Crippen molar-refractivity contribution in [2.24, 2.45) is 0 Å². The van der Waals surface area contributed by atoms with E-state index in [2.05, 4.69) is 15.6 Å². The van der Waals surface area contributed by atoms with Crippen LogP contribution in [0.15, 0.2) is 23.4 Å². The van der Waals surface area contributed by atoms with Crippen LogP contribution in [0.4, 0.5) is 0 Å². The van der Waals surface area contributed by atoms with E-state index in [1.165, 1.54) is 11.8 Å². The molecule has 0 aliphatic rings. The number of hydrogen-bond donors (Lipinski definition) is 1. The van der Waals surface area contributed by atoms with E-state index < -0.39 is 0 Å². The van der Waals surface area contributed by atoms with Gasteiger partial charge in [-0.05, 0) is 44.2 Å². The van der Waals surface area contributed by atoms with E-state index in [4.69, 9.17) is 4.74 Å². The normalized spacial score (nSPS) is 10.5. The van der Waals surface area contributed by atoms with Crippen molar-refractivity contribution < 1.29 is 9.53 Å². The van der Waals surface area contributed by atoms with Gasteiger partial charge >= 0.3 is 0 Å².